The molecule has 0 aliphatic carbocycles. The zero-order chi connectivity index (χ0) is 10.6. The predicted molar refractivity (Wildman–Crippen MR) is 62.0 cm³/mol. The zero-order valence-corrected chi connectivity index (χ0v) is 9.78. The highest BCUT2D eigenvalue weighted by atomic mass is 32.2. The quantitative estimate of drug-likeness (QED) is 0.707. The van der Waals surface area contributed by atoms with Crippen molar-refractivity contribution < 1.29 is 4.79 Å². The van der Waals surface area contributed by atoms with Gasteiger partial charge in [0.15, 0.2) is 0 Å². The minimum atomic E-state index is 0.230. The van der Waals surface area contributed by atoms with E-state index in [-0.39, 0.29) is 5.78 Å². The van der Waals surface area contributed by atoms with Crippen molar-refractivity contribution in [2.24, 2.45) is 0 Å². The third-order valence-corrected chi connectivity index (χ3v) is 3.03. The first-order valence-corrected chi connectivity index (χ1v) is 6.05. The van der Waals surface area contributed by atoms with E-state index < -0.39 is 0 Å². The number of rotatable bonds is 4. The highest BCUT2D eigenvalue weighted by Crippen LogP contribution is 2.22. The largest absolute Gasteiger partial charge is 0.300 e. The summed E-state index contributed by atoms with van der Waals surface area (Å²) in [5, 5.41) is 0. The molecule has 0 saturated carbocycles. The summed E-state index contributed by atoms with van der Waals surface area (Å²) >= 11 is 1.70. The van der Waals surface area contributed by atoms with Crippen molar-refractivity contribution in [3.05, 3.63) is 29.3 Å². The Labute approximate surface area is 89.9 Å². The van der Waals surface area contributed by atoms with Crippen LogP contribution in [0.5, 0.6) is 0 Å². The van der Waals surface area contributed by atoms with Crippen LogP contribution in [0.4, 0.5) is 0 Å². The van der Waals surface area contributed by atoms with Gasteiger partial charge in [-0.2, -0.15) is 0 Å². The maximum absolute atomic E-state index is 11.1. The molecule has 0 saturated heterocycles. The fraction of sp³-hybridized carbons (Fsp3) is 0.417. The Bertz CT molecular complexity index is 331. The molecule has 0 aliphatic heterocycles. The lowest BCUT2D eigenvalue weighted by Crippen LogP contribution is -1.99. The van der Waals surface area contributed by atoms with Gasteiger partial charge in [-0.15, -0.1) is 11.8 Å². The van der Waals surface area contributed by atoms with Crippen molar-refractivity contribution >= 4 is 17.5 Å². The molecule has 76 valence electrons. The first kappa shape index (κ1) is 11.3. The minimum absolute atomic E-state index is 0.230. The van der Waals surface area contributed by atoms with Crippen molar-refractivity contribution in [3.8, 4) is 0 Å². The molecule has 0 unspecified atom stereocenters. The second kappa shape index (κ2) is 5.20. The van der Waals surface area contributed by atoms with Crippen LogP contribution in [0.2, 0.25) is 0 Å². The lowest BCUT2D eigenvalue weighted by Gasteiger charge is -2.07. The van der Waals surface area contributed by atoms with E-state index in [1.807, 2.05) is 6.26 Å². The molecule has 1 rings (SSSR count). The molecule has 0 fully saturated rings. The fourth-order valence-electron chi connectivity index (χ4n) is 1.46. The molecule has 0 aliphatic rings. The van der Waals surface area contributed by atoms with Gasteiger partial charge in [-0.05, 0) is 36.8 Å². The van der Waals surface area contributed by atoms with Gasteiger partial charge >= 0.3 is 0 Å². The minimum Gasteiger partial charge on any atom is -0.300 e. The SMILES string of the molecule is CCc1ccc(SC)c(CC(C)=O)c1. The van der Waals surface area contributed by atoms with Gasteiger partial charge in [0.05, 0.1) is 0 Å². The van der Waals surface area contributed by atoms with E-state index in [2.05, 4.69) is 25.1 Å². The van der Waals surface area contributed by atoms with Gasteiger partial charge in [-0.25, -0.2) is 0 Å². The van der Waals surface area contributed by atoms with Crippen LogP contribution in [-0.2, 0) is 17.6 Å². The topological polar surface area (TPSA) is 17.1 Å². The molecule has 1 nitrogen and oxygen atoms in total. The maximum Gasteiger partial charge on any atom is 0.134 e. The standard InChI is InChI=1S/C12H16OS/c1-4-10-5-6-12(14-3)11(8-10)7-9(2)13/h5-6,8H,4,7H2,1-3H3. The number of carbonyl (C=O) groups is 1. The number of ketones is 1. The number of benzene rings is 1. The number of Topliss-reactive ketones (excluding diaryl/α,β-unsaturated/α-hetero) is 1. The van der Waals surface area contributed by atoms with Crippen molar-refractivity contribution in [1.29, 1.82) is 0 Å². The molecule has 0 N–H and O–H groups in total. The van der Waals surface area contributed by atoms with Crippen LogP contribution in [0.25, 0.3) is 0 Å². The summed E-state index contributed by atoms with van der Waals surface area (Å²) < 4.78 is 0. The van der Waals surface area contributed by atoms with E-state index in [1.165, 1.54) is 16.0 Å². The lowest BCUT2D eigenvalue weighted by molar-refractivity contribution is -0.116. The molecular formula is C12H16OS. The van der Waals surface area contributed by atoms with E-state index in [4.69, 9.17) is 0 Å². The molecule has 0 spiro atoms. The Hall–Kier alpha value is -0.760. The average Bonchev–Trinajstić information content (AvgIpc) is 2.16. The number of hydrogen-bond acceptors (Lipinski definition) is 2. The van der Waals surface area contributed by atoms with Crippen molar-refractivity contribution in [3.63, 3.8) is 0 Å². The van der Waals surface area contributed by atoms with Crippen molar-refractivity contribution in [1.82, 2.24) is 0 Å². The van der Waals surface area contributed by atoms with Gasteiger partial charge in [0.25, 0.3) is 0 Å². The average molecular weight is 208 g/mol. The Morgan fingerprint density at radius 2 is 2.14 bits per heavy atom. The summed E-state index contributed by atoms with van der Waals surface area (Å²) in [5.41, 5.74) is 2.48. The second-order valence-corrected chi connectivity index (χ2v) is 4.23. The van der Waals surface area contributed by atoms with E-state index in [0.717, 1.165) is 6.42 Å². The first-order valence-electron chi connectivity index (χ1n) is 4.82. The molecule has 0 atom stereocenters. The molecule has 0 radical (unpaired) electrons. The summed E-state index contributed by atoms with van der Waals surface area (Å²) in [5.74, 6) is 0.230. The first-order chi connectivity index (χ1) is 6.67. The summed E-state index contributed by atoms with van der Waals surface area (Å²) in [6, 6.07) is 6.39. The number of thioether (sulfide) groups is 1. The van der Waals surface area contributed by atoms with Crippen LogP contribution in [0.1, 0.15) is 25.0 Å². The van der Waals surface area contributed by atoms with Gasteiger partial charge in [0.1, 0.15) is 5.78 Å². The monoisotopic (exact) mass is 208 g/mol. The lowest BCUT2D eigenvalue weighted by atomic mass is 10.0. The van der Waals surface area contributed by atoms with Crippen LogP contribution in [-0.4, -0.2) is 12.0 Å². The van der Waals surface area contributed by atoms with Gasteiger partial charge in [0, 0.05) is 11.3 Å². The predicted octanol–water partition coefficient (Wildman–Crippen LogP) is 3.10. The van der Waals surface area contributed by atoms with E-state index >= 15 is 0 Å². The smallest absolute Gasteiger partial charge is 0.134 e. The third-order valence-electron chi connectivity index (χ3n) is 2.19. The van der Waals surface area contributed by atoms with Crippen LogP contribution >= 0.6 is 11.8 Å². The molecule has 1 aromatic carbocycles. The van der Waals surface area contributed by atoms with Crippen LogP contribution in [0, 0.1) is 0 Å². The van der Waals surface area contributed by atoms with E-state index in [9.17, 15) is 4.79 Å². The van der Waals surface area contributed by atoms with Crippen molar-refractivity contribution in [2.45, 2.75) is 31.6 Å². The molecular weight excluding hydrogens is 192 g/mol. The molecule has 0 heterocycles. The number of aryl methyl sites for hydroxylation is 1. The molecule has 0 aromatic heterocycles. The summed E-state index contributed by atoms with van der Waals surface area (Å²) in [7, 11) is 0. The summed E-state index contributed by atoms with van der Waals surface area (Å²) in [6.45, 7) is 3.77. The van der Waals surface area contributed by atoms with Crippen LogP contribution in [0.3, 0.4) is 0 Å². The van der Waals surface area contributed by atoms with E-state index in [1.54, 1.807) is 18.7 Å². The maximum atomic E-state index is 11.1. The Balaban J connectivity index is 3.01. The van der Waals surface area contributed by atoms with Crippen LogP contribution < -0.4 is 0 Å². The van der Waals surface area contributed by atoms with Crippen LogP contribution in [0.15, 0.2) is 23.1 Å². The number of hydrogen-bond donors (Lipinski definition) is 0. The van der Waals surface area contributed by atoms with Gasteiger partial charge in [0.2, 0.25) is 0 Å². The highest BCUT2D eigenvalue weighted by Gasteiger charge is 2.04. The normalized spacial score (nSPS) is 10.2. The Kier molecular flexibility index (Phi) is 4.21. The van der Waals surface area contributed by atoms with Gasteiger partial charge in [-0.3, -0.25) is 4.79 Å². The van der Waals surface area contributed by atoms with E-state index in [0.29, 0.717) is 6.42 Å². The zero-order valence-electron chi connectivity index (χ0n) is 8.96. The fourth-order valence-corrected chi connectivity index (χ4v) is 2.06. The number of carbonyl (C=O) groups excluding carboxylic acids is 1. The molecule has 14 heavy (non-hydrogen) atoms. The van der Waals surface area contributed by atoms with Gasteiger partial charge in [-0.1, -0.05) is 19.1 Å². The highest BCUT2D eigenvalue weighted by molar-refractivity contribution is 7.98. The summed E-state index contributed by atoms with van der Waals surface area (Å²) in [4.78, 5) is 12.3. The van der Waals surface area contributed by atoms with Gasteiger partial charge < -0.3 is 0 Å². The third kappa shape index (κ3) is 2.88. The second-order valence-electron chi connectivity index (χ2n) is 3.38. The van der Waals surface area contributed by atoms with Crippen molar-refractivity contribution in [2.75, 3.05) is 6.26 Å². The summed E-state index contributed by atoms with van der Waals surface area (Å²) in [6.07, 6.45) is 3.63. The molecule has 1 aromatic rings. The molecule has 2 heteroatoms. The molecule has 0 amide bonds. The Morgan fingerprint density at radius 1 is 1.43 bits per heavy atom. The molecule has 0 bridgehead atoms. The Morgan fingerprint density at radius 3 is 2.64 bits per heavy atom.